The smallest absolute Gasteiger partial charge is 0.281 e. The van der Waals surface area contributed by atoms with E-state index >= 15 is 0 Å². The molecule has 0 amide bonds. The largest absolute Gasteiger partial charge is 0.425 e. The van der Waals surface area contributed by atoms with Crippen molar-refractivity contribution < 1.29 is 22.4 Å². The molecule has 76 valence electrons. The molecule has 3 rings (SSSR count). The highest BCUT2D eigenvalue weighted by molar-refractivity contribution is 7.85. The van der Waals surface area contributed by atoms with Crippen molar-refractivity contribution in [2.24, 2.45) is 0 Å². The van der Waals surface area contributed by atoms with Gasteiger partial charge in [-0.05, 0) is 6.42 Å². The number of ether oxygens (including phenoxy) is 2. The summed E-state index contributed by atoms with van der Waals surface area (Å²) in [4.78, 5) is 0. The highest BCUT2D eigenvalue weighted by atomic mass is 32.2. The Morgan fingerprint density at radius 3 is 2.31 bits per heavy atom. The summed E-state index contributed by atoms with van der Waals surface area (Å²) in [5, 5.41) is 0. The number of fused-ring (bicyclic) bond motifs is 1. The van der Waals surface area contributed by atoms with Gasteiger partial charge in [-0.25, -0.2) is 0 Å². The van der Waals surface area contributed by atoms with Crippen molar-refractivity contribution in [3.05, 3.63) is 12.0 Å². The molecule has 1 fully saturated rings. The second kappa shape index (κ2) is 3.97. The first-order chi connectivity index (χ1) is 6.01. The van der Waals surface area contributed by atoms with Gasteiger partial charge in [-0.2, -0.15) is 8.42 Å². The standard InChI is InChI=1S/C4H4O2.C3H8O3S/c1-2-4-5-3(1)6-4;1-2-3-7(4,5)6/h1,4H,2H2;2-3H2,1H3,(H,4,5,6). The summed E-state index contributed by atoms with van der Waals surface area (Å²) in [6, 6.07) is 0. The Morgan fingerprint density at radius 2 is 2.23 bits per heavy atom. The van der Waals surface area contributed by atoms with Gasteiger partial charge < -0.3 is 9.47 Å². The van der Waals surface area contributed by atoms with Crippen molar-refractivity contribution in [1.29, 1.82) is 0 Å². The van der Waals surface area contributed by atoms with E-state index in [9.17, 15) is 8.42 Å². The average Bonchev–Trinajstić information content (AvgIpc) is 2.40. The predicted molar refractivity (Wildman–Crippen MR) is 45.4 cm³/mol. The van der Waals surface area contributed by atoms with Crippen molar-refractivity contribution in [3.8, 4) is 0 Å². The summed E-state index contributed by atoms with van der Waals surface area (Å²) in [6.07, 6.45) is 3.47. The van der Waals surface area contributed by atoms with E-state index in [2.05, 4.69) is 0 Å². The Balaban J connectivity index is 0.000000130. The molecule has 0 aromatic carbocycles. The Kier molecular flexibility index (Phi) is 3.16. The molecule has 0 spiro atoms. The first-order valence-electron chi connectivity index (χ1n) is 4.00. The second-order valence-corrected chi connectivity index (χ2v) is 4.28. The van der Waals surface area contributed by atoms with Crippen LogP contribution in [-0.2, 0) is 19.6 Å². The average molecular weight is 208 g/mol. The monoisotopic (exact) mass is 208 g/mol. The molecule has 0 unspecified atom stereocenters. The van der Waals surface area contributed by atoms with Gasteiger partial charge in [-0.1, -0.05) is 6.92 Å². The Labute approximate surface area is 77.1 Å². The SMILES string of the molecule is C1=C2OC(C1)O2.CCCS(=O)(=O)O. The maximum absolute atomic E-state index is 9.79. The summed E-state index contributed by atoms with van der Waals surface area (Å²) in [5.74, 6) is 0.590. The zero-order valence-corrected chi connectivity index (χ0v) is 8.08. The zero-order valence-electron chi connectivity index (χ0n) is 7.26. The molecule has 13 heavy (non-hydrogen) atoms. The molecule has 5 nitrogen and oxygen atoms in total. The van der Waals surface area contributed by atoms with Gasteiger partial charge in [-0.15, -0.1) is 0 Å². The maximum atomic E-state index is 9.79. The third-order valence-electron chi connectivity index (χ3n) is 1.43. The molecule has 3 aliphatic rings. The topological polar surface area (TPSA) is 72.8 Å². The Morgan fingerprint density at radius 1 is 1.62 bits per heavy atom. The minimum absolute atomic E-state index is 0.0972. The van der Waals surface area contributed by atoms with Crippen LogP contribution in [-0.4, -0.2) is 25.0 Å². The fraction of sp³-hybridized carbons (Fsp3) is 0.714. The molecule has 0 aliphatic carbocycles. The predicted octanol–water partition coefficient (Wildman–Crippen LogP) is 0.889. The molecule has 2 bridgehead atoms. The summed E-state index contributed by atoms with van der Waals surface area (Å²) < 4.78 is 37.3. The third kappa shape index (κ3) is 3.65. The van der Waals surface area contributed by atoms with E-state index in [0.29, 0.717) is 6.42 Å². The summed E-state index contributed by atoms with van der Waals surface area (Å²) >= 11 is 0. The minimum atomic E-state index is -3.67. The first kappa shape index (κ1) is 10.3. The van der Waals surface area contributed by atoms with Crippen molar-refractivity contribution in [1.82, 2.24) is 0 Å². The first-order valence-corrected chi connectivity index (χ1v) is 5.61. The molecule has 6 heteroatoms. The summed E-state index contributed by atoms with van der Waals surface area (Å²) in [7, 11) is -3.67. The molecule has 1 N–H and O–H groups in total. The lowest BCUT2D eigenvalue weighted by molar-refractivity contribution is -0.223. The summed E-state index contributed by atoms with van der Waals surface area (Å²) in [5.41, 5.74) is 0. The lowest BCUT2D eigenvalue weighted by atomic mass is 10.5. The van der Waals surface area contributed by atoms with E-state index in [4.69, 9.17) is 14.0 Å². The van der Waals surface area contributed by atoms with Gasteiger partial charge in [0.15, 0.2) is 0 Å². The molecular weight excluding hydrogens is 196 g/mol. The van der Waals surface area contributed by atoms with Gasteiger partial charge in [0.25, 0.3) is 22.4 Å². The van der Waals surface area contributed by atoms with Crippen molar-refractivity contribution in [2.75, 3.05) is 5.75 Å². The Bertz CT molecular complexity index is 281. The molecule has 0 radical (unpaired) electrons. The molecule has 1 saturated heterocycles. The van der Waals surface area contributed by atoms with Gasteiger partial charge in [-0.3, -0.25) is 4.55 Å². The highest BCUT2D eigenvalue weighted by Crippen LogP contribution is 2.30. The van der Waals surface area contributed by atoms with Gasteiger partial charge in [0.1, 0.15) is 0 Å². The van der Waals surface area contributed by atoms with E-state index < -0.39 is 10.1 Å². The number of hydrogen-bond donors (Lipinski definition) is 1. The molecule has 0 atom stereocenters. The summed E-state index contributed by atoms with van der Waals surface area (Å²) in [6.45, 7) is 1.69. The van der Waals surface area contributed by atoms with Crippen LogP contribution in [0.3, 0.4) is 0 Å². The van der Waals surface area contributed by atoms with Crippen molar-refractivity contribution in [3.63, 3.8) is 0 Å². The molecule has 3 aliphatic heterocycles. The molecule has 0 aromatic heterocycles. The van der Waals surface area contributed by atoms with Crippen LogP contribution in [0.5, 0.6) is 0 Å². The highest BCUT2D eigenvalue weighted by Gasteiger charge is 2.31. The normalized spacial score (nSPS) is 18.8. The van der Waals surface area contributed by atoms with E-state index in [1.54, 1.807) is 6.92 Å². The quantitative estimate of drug-likeness (QED) is 0.682. The van der Waals surface area contributed by atoms with Crippen LogP contribution < -0.4 is 0 Å². The molecule has 0 saturated carbocycles. The minimum Gasteiger partial charge on any atom is -0.425 e. The van der Waals surface area contributed by atoms with Gasteiger partial charge >= 0.3 is 0 Å². The third-order valence-corrected chi connectivity index (χ3v) is 2.36. The van der Waals surface area contributed by atoms with E-state index in [1.807, 2.05) is 6.08 Å². The maximum Gasteiger partial charge on any atom is 0.281 e. The lowest BCUT2D eigenvalue weighted by Crippen LogP contribution is -2.20. The van der Waals surface area contributed by atoms with Crippen LogP contribution in [0.2, 0.25) is 0 Å². The van der Waals surface area contributed by atoms with Crippen LogP contribution in [0.25, 0.3) is 0 Å². The van der Waals surface area contributed by atoms with Crippen molar-refractivity contribution in [2.45, 2.75) is 26.1 Å². The fourth-order valence-corrected chi connectivity index (χ4v) is 1.43. The molecule has 0 aromatic rings. The zero-order chi connectivity index (χ0) is 9.90. The van der Waals surface area contributed by atoms with Crippen LogP contribution in [0, 0.1) is 0 Å². The number of hydrogen-bond acceptors (Lipinski definition) is 4. The fourth-order valence-electron chi connectivity index (χ4n) is 0.911. The number of rotatable bonds is 2. The van der Waals surface area contributed by atoms with Crippen molar-refractivity contribution >= 4 is 10.1 Å². The Hall–Kier alpha value is -0.750. The van der Waals surface area contributed by atoms with E-state index in [1.165, 1.54) is 0 Å². The van der Waals surface area contributed by atoms with Gasteiger partial charge in [0.2, 0.25) is 0 Å². The molecule has 3 heterocycles. The second-order valence-electron chi connectivity index (χ2n) is 2.71. The van der Waals surface area contributed by atoms with Crippen LogP contribution >= 0.6 is 0 Å². The van der Waals surface area contributed by atoms with E-state index in [-0.39, 0.29) is 12.0 Å². The van der Waals surface area contributed by atoms with Crippen LogP contribution in [0.4, 0.5) is 0 Å². The molecular formula is C7H12O5S. The van der Waals surface area contributed by atoms with Crippen LogP contribution in [0.15, 0.2) is 12.0 Å². The van der Waals surface area contributed by atoms with E-state index in [0.717, 1.165) is 12.4 Å². The van der Waals surface area contributed by atoms with Gasteiger partial charge in [0, 0.05) is 12.5 Å². The van der Waals surface area contributed by atoms with Crippen LogP contribution in [0.1, 0.15) is 19.8 Å². The lowest BCUT2D eigenvalue weighted by Gasteiger charge is -2.22. The van der Waals surface area contributed by atoms with Gasteiger partial charge in [0.05, 0.1) is 5.75 Å².